The molecular formula is C16H22OS. The molecule has 0 amide bonds. The average Bonchev–Trinajstić information content (AvgIpc) is 2.79. The molecule has 18 heavy (non-hydrogen) atoms. The van der Waals surface area contributed by atoms with Crippen molar-refractivity contribution in [2.75, 3.05) is 0 Å². The van der Waals surface area contributed by atoms with Crippen molar-refractivity contribution in [2.45, 2.75) is 51.0 Å². The van der Waals surface area contributed by atoms with Crippen LogP contribution < -0.4 is 0 Å². The molecule has 98 valence electrons. The Bertz CT molecular complexity index is 387. The van der Waals surface area contributed by atoms with E-state index in [0.717, 1.165) is 29.7 Å². The second kappa shape index (κ2) is 4.08. The van der Waals surface area contributed by atoms with Crippen LogP contribution in [0, 0.1) is 23.2 Å². The van der Waals surface area contributed by atoms with E-state index in [1.165, 1.54) is 38.5 Å². The quantitative estimate of drug-likeness (QED) is 0.856. The predicted octanol–water partition coefficient (Wildman–Crippen LogP) is 4.39. The van der Waals surface area contributed by atoms with Gasteiger partial charge < -0.3 is 5.11 Å². The van der Waals surface area contributed by atoms with Gasteiger partial charge in [0.2, 0.25) is 0 Å². The lowest BCUT2D eigenvalue weighted by molar-refractivity contribution is -0.0763. The van der Waals surface area contributed by atoms with E-state index in [9.17, 15) is 5.11 Å². The van der Waals surface area contributed by atoms with Crippen molar-refractivity contribution >= 4 is 11.3 Å². The van der Waals surface area contributed by atoms with Gasteiger partial charge in [0.15, 0.2) is 0 Å². The van der Waals surface area contributed by atoms with Crippen LogP contribution in [0.15, 0.2) is 16.8 Å². The zero-order valence-electron chi connectivity index (χ0n) is 10.8. The molecule has 1 nitrogen and oxygen atoms in total. The van der Waals surface area contributed by atoms with Gasteiger partial charge in [0, 0.05) is 0 Å². The first-order valence-corrected chi connectivity index (χ1v) is 8.37. The summed E-state index contributed by atoms with van der Waals surface area (Å²) in [6.07, 6.45) is 9.50. The highest BCUT2D eigenvalue weighted by Gasteiger charge is 2.51. The lowest BCUT2D eigenvalue weighted by Crippen LogP contribution is -2.46. The standard InChI is InChI=1S/C16H22OS/c17-15(14-1-2-18-10-14)9-16-6-11-3-12(7-16)5-13(4-11)8-16/h1-2,10-13,15,17H,3-9H2. The smallest absolute Gasteiger partial charge is 0.0803 e. The fourth-order valence-electron chi connectivity index (χ4n) is 5.53. The van der Waals surface area contributed by atoms with E-state index < -0.39 is 0 Å². The van der Waals surface area contributed by atoms with E-state index >= 15 is 0 Å². The van der Waals surface area contributed by atoms with Gasteiger partial charge in [-0.05, 0) is 90.5 Å². The predicted molar refractivity (Wildman–Crippen MR) is 74.5 cm³/mol. The molecule has 5 rings (SSSR count). The maximum atomic E-state index is 10.5. The summed E-state index contributed by atoms with van der Waals surface area (Å²) in [6, 6.07) is 2.09. The summed E-state index contributed by atoms with van der Waals surface area (Å²) in [5.41, 5.74) is 1.64. The third kappa shape index (κ3) is 1.85. The first kappa shape index (κ1) is 11.5. The van der Waals surface area contributed by atoms with Crippen LogP contribution in [0.4, 0.5) is 0 Å². The van der Waals surface area contributed by atoms with Crippen LogP contribution in [-0.2, 0) is 0 Å². The molecule has 1 aromatic rings. The van der Waals surface area contributed by atoms with Crippen LogP contribution >= 0.6 is 11.3 Å². The van der Waals surface area contributed by atoms with Crippen molar-refractivity contribution in [2.24, 2.45) is 23.2 Å². The van der Waals surface area contributed by atoms with Crippen LogP contribution in [0.2, 0.25) is 0 Å². The van der Waals surface area contributed by atoms with Crippen molar-refractivity contribution in [3.63, 3.8) is 0 Å². The van der Waals surface area contributed by atoms with Crippen LogP contribution in [0.1, 0.15) is 56.6 Å². The third-order valence-corrected chi connectivity index (χ3v) is 6.42. The normalized spacial score (nSPS) is 43.3. The molecule has 0 saturated heterocycles. The van der Waals surface area contributed by atoms with Gasteiger partial charge in [-0.25, -0.2) is 0 Å². The summed E-state index contributed by atoms with van der Waals surface area (Å²) in [5.74, 6) is 2.97. The lowest BCUT2D eigenvalue weighted by atomic mass is 9.48. The van der Waals surface area contributed by atoms with Gasteiger partial charge in [0.1, 0.15) is 0 Å². The summed E-state index contributed by atoms with van der Waals surface area (Å²) in [7, 11) is 0. The highest BCUT2D eigenvalue weighted by molar-refractivity contribution is 7.07. The molecule has 2 heteroatoms. The number of thiophene rings is 1. The first-order chi connectivity index (χ1) is 8.72. The number of hydrogen-bond acceptors (Lipinski definition) is 2. The van der Waals surface area contributed by atoms with E-state index in [1.807, 2.05) is 0 Å². The van der Waals surface area contributed by atoms with Gasteiger partial charge in [-0.15, -0.1) is 0 Å². The highest BCUT2D eigenvalue weighted by Crippen LogP contribution is 2.62. The van der Waals surface area contributed by atoms with Crippen LogP contribution in [0.5, 0.6) is 0 Å². The van der Waals surface area contributed by atoms with Gasteiger partial charge in [0.25, 0.3) is 0 Å². The number of aliphatic hydroxyl groups excluding tert-OH is 1. The maximum Gasteiger partial charge on any atom is 0.0803 e. The van der Waals surface area contributed by atoms with E-state index in [0.29, 0.717) is 5.41 Å². The Morgan fingerprint density at radius 3 is 2.28 bits per heavy atom. The number of aliphatic hydroxyl groups is 1. The number of rotatable bonds is 3. The van der Waals surface area contributed by atoms with Gasteiger partial charge in [0.05, 0.1) is 6.10 Å². The van der Waals surface area contributed by atoms with Gasteiger partial charge in [-0.3, -0.25) is 0 Å². The Morgan fingerprint density at radius 1 is 1.17 bits per heavy atom. The molecule has 4 bridgehead atoms. The maximum absolute atomic E-state index is 10.5. The monoisotopic (exact) mass is 262 g/mol. The first-order valence-electron chi connectivity index (χ1n) is 7.43. The molecule has 1 N–H and O–H groups in total. The minimum absolute atomic E-state index is 0.215. The molecule has 4 fully saturated rings. The molecule has 0 aliphatic heterocycles. The van der Waals surface area contributed by atoms with E-state index in [2.05, 4.69) is 16.8 Å². The highest BCUT2D eigenvalue weighted by atomic mass is 32.1. The van der Waals surface area contributed by atoms with Crippen LogP contribution in [0.3, 0.4) is 0 Å². The molecule has 0 spiro atoms. The molecule has 1 heterocycles. The molecule has 1 atom stereocenters. The minimum Gasteiger partial charge on any atom is -0.388 e. The molecule has 0 radical (unpaired) electrons. The molecule has 4 saturated carbocycles. The second-order valence-electron chi connectivity index (χ2n) is 7.19. The van der Waals surface area contributed by atoms with Gasteiger partial charge in [-0.1, -0.05) is 0 Å². The molecular weight excluding hydrogens is 240 g/mol. The Morgan fingerprint density at radius 2 is 1.78 bits per heavy atom. The minimum atomic E-state index is -0.215. The van der Waals surface area contributed by atoms with E-state index in [-0.39, 0.29) is 6.10 Å². The molecule has 0 aromatic carbocycles. The Kier molecular flexibility index (Phi) is 2.60. The second-order valence-corrected chi connectivity index (χ2v) is 7.97. The Hall–Kier alpha value is -0.340. The summed E-state index contributed by atoms with van der Waals surface area (Å²) in [6.45, 7) is 0. The van der Waals surface area contributed by atoms with Crippen LogP contribution in [0.25, 0.3) is 0 Å². The zero-order chi connectivity index (χ0) is 12.2. The van der Waals surface area contributed by atoms with Crippen molar-refractivity contribution < 1.29 is 5.11 Å². The number of hydrogen-bond donors (Lipinski definition) is 1. The SMILES string of the molecule is OC(CC12CC3CC(CC(C3)C1)C2)c1ccsc1. The average molecular weight is 262 g/mol. The van der Waals surface area contributed by atoms with Crippen molar-refractivity contribution in [3.8, 4) is 0 Å². The van der Waals surface area contributed by atoms with Crippen molar-refractivity contribution in [1.82, 2.24) is 0 Å². The lowest BCUT2D eigenvalue weighted by Gasteiger charge is -2.57. The summed E-state index contributed by atoms with van der Waals surface area (Å²) in [5, 5.41) is 14.7. The fraction of sp³-hybridized carbons (Fsp3) is 0.750. The summed E-state index contributed by atoms with van der Waals surface area (Å²) in [4.78, 5) is 0. The molecule has 4 aliphatic carbocycles. The fourth-order valence-corrected chi connectivity index (χ4v) is 6.24. The summed E-state index contributed by atoms with van der Waals surface area (Å²) < 4.78 is 0. The van der Waals surface area contributed by atoms with Gasteiger partial charge in [-0.2, -0.15) is 11.3 Å². The van der Waals surface area contributed by atoms with Crippen molar-refractivity contribution in [1.29, 1.82) is 0 Å². The zero-order valence-corrected chi connectivity index (χ0v) is 11.7. The topological polar surface area (TPSA) is 20.2 Å². The molecule has 1 unspecified atom stereocenters. The summed E-state index contributed by atoms with van der Waals surface area (Å²) >= 11 is 1.70. The molecule has 1 aromatic heterocycles. The van der Waals surface area contributed by atoms with Crippen molar-refractivity contribution in [3.05, 3.63) is 22.4 Å². The Balaban J connectivity index is 1.54. The van der Waals surface area contributed by atoms with Gasteiger partial charge >= 0.3 is 0 Å². The molecule has 4 aliphatic rings. The van der Waals surface area contributed by atoms with Crippen LogP contribution in [-0.4, -0.2) is 5.11 Å². The van der Waals surface area contributed by atoms with E-state index in [1.54, 1.807) is 11.3 Å². The third-order valence-electron chi connectivity index (χ3n) is 5.72. The largest absolute Gasteiger partial charge is 0.388 e. The van der Waals surface area contributed by atoms with E-state index in [4.69, 9.17) is 0 Å². The Labute approximate surface area is 113 Å².